The fourth-order valence-electron chi connectivity index (χ4n) is 2.59. The monoisotopic (exact) mass is 331 g/mol. The smallest absolute Gasteiger partial charge is 0.263 e. The molecular weight excluding hydrogens is 310 g/mol. The molecule has 1 aliphatic rings. The van der Waals surface area contributed by atoms with Crippen molar-refractivity contribution < 1.29 is 9.53 Å². The summed E-state index contributed by atoms with van der Waals surface area (Å²) in [7, 11) is 1.96. The molecule has 6 heteroatoms. The molecular formula is C17H21N3O2S. The summed E-state index contributed by atoms with van der Waals surface area (Å²) in [5.74, 6) is -0.0665. The number of rotatable bonds is 5. The molecule has 0 saturated carbocycles. The summed E-state index contributed by atoms with van der Waals surface area (Å²) < 4.78 is 5.54. The summed E-state index contributed by atoms with van der Waals surface area (Å²) in [5.41, 5.74) is 1.81. The summed E-state index contributed by atoms with van der Waals surface area (Å²) in [5, 5.41) is 3.78. The summed E-state index contributed by atoms with van der Waals surface area (Å²) in [6, 6.07) is 10.00. The molecule has 5 nitrogen and oxygen atoms in total. The van der Waals surface area contributed by atoms with Crippen molar-refractivity contribution in [2.45, 2.75) is 25.9 Å². The van der Waals surface area contributed by atoms with E-state index in [-0.39, 0.29) is 12.0 Å². The van der Waals surface area contributed by atoms with Gasteiger partial charge in [0.2, 0.25) is 0 Å². The van der Waals surface area contributed by atoms with Gasteiger partial charge in [-0.2, -0.15) is 0 Å². The lowest BCUT2D eigenvalue weighted by atomic mass is 10.2. The molecule has 1 atom stereocenters. The number of thiazole rings is 1. The molecule has 1 aliphatic heterocycles. The zero-order chi connectivity index (χ0) is 16.2. The van der Waals surface area contributed by atoms with Crippen molar-refractivity contribution >= 4 is 28.1 Å². The van der Waals surface area contributed by atoms with Gasteiger partial charge in [-0.05, 0) is 31.9 Å². The average molecular weight is 331 g/mol. The Kier molecular flexibility index (Phi) is 4.93. The van der Waals surface area contributed by atoms with E-state index in [1.54, 1.807) is 0 Å². The van der Waals surface area contributed by atoms with Gasteiger partial charge in [0.05, 0.1) is 11.8 Å². The Labute approximate surface area is 140 Å². The molecule has 122 valence electrons. The number of para-hydroxylation sites is 1. The molecule has 2 aromatic rings. The van der Waals surface area contributed by atoms with E-state index in [4.69, 9.17) is 4.74 Å². The molecule has 1 aromatic carbocycles. The van der Waals surface area contributed by atoms with Gasteiger partial charge in [0.25, 0.3) is 5.91 Å². The number of nitrogens with zero attached hydrogens (tertiary/aromatic N) is 2. The van der Waals surface area contributed by atoms with E-state index in [1.165, 1.54) is 11.3 Å². The standard InChI is InChI=1S/C17H21N3O2S/c1-12-15(16(21)18-11-14-9-6-10-22-14)23-17(19-12)20(2)13-7-4-3-5-8-13/h3-5,7-8,14H,6,9-11H2,1-2H3,(H,18,21). The maximum absolute atomic E-state index is 12.4. The molecule has 1 N–H and O–H groups in total. The van der Waals surface area contributed by atoms with E-state index >= 15 is 0 Å². The first-order valence-electron chi connectivity index (χ1n) is 7.81. The van der Waals surface area contributed by atoms with Gasteiger partial charge < -0.3 is 15.0 Å². The zero-order valence-electron chi connectivity index (χ0n) is 13.4. The predicted molar refractivity (Wildman–Crippen MR) is 92.7 cm³/mol. The van der Waals surface area contributed by atoms with Crippen molar-refractivity contribution in [3.05, 3.63) is 40.9 Å². The molecule has 1 amide bonds. The highest BCUT2D eigenvalue weighted by Crippen LogP contribution is 2.30. The second-order valence-electron chi connectivity index (χ2n) is 5.65. The first-order valence-corrected chi connectivity index (χ1v) is 8.63. The number of ether oxygens (including phenoxy) is 1. The summed E-state index contributed by atoms with van der Waals surface area (Å²) in [6.45, 7) is 3.24. The van der Waals surface area contributed by atoms with Crippen LogP contribution in [-0.2, 0) is 4.74 Å². The van der Waals surface area contributed by atoms with Crippen molar-refractivity contribution in [3.8, 4) is 0 Å². The maximum Gasteiger partial charge on any atom is 0.263 e. The highest BCUT2D eigenvalue weighted by molar-refractivity contribution is 7.17. The molecule has 0 bridgehead atoms. The summed E-state index contributed by atoms with van der Waals surface area (Å²) in [6.07, 6.45) is 2.24. The van der Waals surface area contributed by atoms with Crippen molar-refractivity contribution in [2.75, 3.05) is 25.1 Å². The molecule has 0 radical (unpaired) electrons. The lowest BCUT2D eigenvalue weighted by molar-refractivity contribution is 0.0860. The van der Waals surface area contributed by atoms with Gasteiger partial charge in [0.15, 0.2) is 5.13 Å². The number of aryl methyl sites for hydroxylation is 1. The quantitative estimate of drug-likeness (QED) is 0.914. The van der Waals surface area contributed by atoms with Gasteiger partial charge in [0, 0.05) is 25.9 Å². The number of amides is 1. The molecule has 1 saturated heterocycles. The van der Waals surface area contributed by atoms with Crippen LogP contribution in [0.5, 0.6) is 0 Å². The second kappa shape index (κ2) is 7.10. The Bertz CT molecular complexity index is 666. The van der Waals surface area contributed by atoms with Gasteiger partial charge in [-0.3, -0.25) is 4.79 Å². The molecule has 2 heterocycles. The first-order chi connectivity index (χ1) is 11.1. The van der Waals surface area contributed by atoms with Crippen molar-refractivity contribution in [1.82, 2.24) is 10.3 Å². The normalized spacial score (nSPS) is 17.2. The second-order valence-corrected chi connectivity index (χ2v) is 6.63. The summed E-state index contributed by atoms with van der Waals surface area (Å²) >= 11 is 1.41. The van der Waals surface area contributed by atoms with Crippen LogP contribution >= 0.6 is 11.3 Å². The number of aromatic nitrogens is 1. The average Bonchev–Trinajstić information content (AvgIpc) is 3.22. The van der Waals surface area contributed by atoms with Crippen LogP contribution in [-0.4, -0.2) is 37.2 Å². The van der Waals surface area contributed by atoms with E-state index in [1.807, 2.05) is 49.2 Å². The van der Waals surface area contributed by atoms with Crippen LogP contribution < -0.4 is 10.2 Å². The molecule has 0 aliphatic carbocycles. The zero-order valence-corrected chi connectivity index (χ0v) is 14.2. The molecule has 3 rings (SSSR count). The van der Waals surface area contributed by atoms with Crippen LogP contribution in [0.25, 0.3) is 0 Å². The predicted octanol–water partition coefficient (Wildman–Crippen LogP) is 3.13. The number of hydrogen-bond donors (Lipinski definition) is 1. The van der Waals surface area contributed by atoms with Crippen LogP contribution in [0.3, 0.4) is 0 Å². The minimum Gasteiger partial charge on any atom is -0.376 e. The molecule has 0 spiro atoms. The fourth-order valence-corrected chi connectivity index (χ4v) is 3.56. The van der Waals surface area contributed by atoms with Gasteiger partial charge in [-0.1, -0.05) is 29.5 Å². The van der Waals surface area contributed by atoms with Crippen LogP contribution in [0.15, 0.2) is 30.3 Å². The van der Waals surface area contributed by atoms with Gasteiger partial charge in [-0.15, -0.1) is 0 Å². The van der Waals surface area contributed by atoms with E-state index in [0.717, 1.165) is 36.0 Å². The number of nitrogens with one attached hydrogen (secondary N) is 1. The largest absolute Gasteiger partial charge is 0.376 e. The molecule has 1 fully saturated rings. The Hall–Kier alpha value is -1.92. The minimum atomic E-state index is -0.0665. The Morgan fingerprint density at radius 2 is 2.22 bits per heavy atom. The topological polar surface area (TPSA) is 54.5 Å². The van der Waals surface area contributed by atoms with Crippen LogP contribution in [0.4, 0.5) is 10.8 Å². The third-order valence-electron chi connectivity index (χ3n) is 3.94. The number of benzene rings is 1. The van der Waals surface area contributed by atoms with Crippen molar-refractivity contribution in [2.24, 2.45) is 0 Å². The first kappa shape index (κ1) is 16.0. The molecule has 1 aromatic heterocycles. The van der Waals surface area contributed by atoms with Gasteiger partial charge in [0.1, 0.15) is 4.88 Å². The number of hydrogen-bond acceptors (Lipinski definition) is 5. The highest BCUT2D eigenvalue weighted by Gasteiger charge is 2.20. The van der Waals surface area contributed by atoms with Gasteiger partial charge in [-0.25, -0.2) is 4.98 Å². The van der Waals surface area contributed by atoms with Crippen LogP contribution in [0.1, 0.15) is 28.2 Å². The summed E-state index contributed by atoms with van der Waals surface area (Å²) in [4.78, 5) is 19.6. The van der Waals surface area contributed by atoms with Crippen molar-refractivity contribution in [1.29, 1.82) is 0 Å². The van der Waals surface area contributed by atoms with Crippen molar-refractivity contribution in [3.63, 3.8) is 0 Å². The number of carbonyl (C=O) groups is 1. The highest BCUT2D eigenvalue weighted by atomic mass is 32.1. The fraction of sp³-hybridized carbons (Fsp3) is 0.412. The van der Waals surface area contributed by atoms with Crippen LogP contribution in [0, 0.1) is 6.92 Å². The van der Waals surface area contributed by atoms with Gasteiger partial charge >= 0.3 is 0 Å². The van der Waals surface area contributed by atoms with E-state index in [9.17, 15) is 4.79 Å². The van der Waals surface area contributed by atoms with E-state index in [2.05, 4.69) is 10.3 Å². The lowest BCUT2D eigenvalue weighted by Gasteiger charge is -2.15. The van der Waals surface area contributed by atoms with E-state index in [0.29, 0.717) is 11.4 Å². The van der Waals surface area contributed by atoms with E-state index < -0.39 is 0 Å². The molecule has 1 unspecified atom stereocenters. The Morgan fingerprint density at radius 1 is 1.43 bits per heavy atom. The lowest BCUT2D eigenvalue weighted by Crippen LogP contribution is -2.31. The number of anilines is 2. The Morgan fingerprint density at radius 3 is 2.91 bits per heavy atom. The molecule has 23 heavy (non-hydrogen) atoms. The Balaban J connectivity index is 1.68. The third kappa shape index (κ3) is 3.71. The number of carbonyl (C=O) groups excluding carboxylic acids is 1. The minimum absolute atomic E-state index is 0.0665. The maximum atomic E-state index is 12.4. The van der Waals surface area contributed by atoms with Crippen LogP contribution in [0.2, 0.25) is 0 Å². The SMILES string of the molecule is Cc1nc(N(C)c2ccccc2)sc1C(=O)NCC1CCCO1. The third-order valence-corrected chi connectivity index (χ3v) is 5.17.